The number of pyridine rings is 1. The molecule has 0 aliphatic rings. The number of hydrogen-bond acceptors (Lipinski definition) is 4. The number of thioether (sulfide) groups is 1. The number of primary amides is 1. The van der Waals surface area contributed by atoms with Crippen LogP contribution in [0.5, 0.6) is 0 Å². The Bertz CT molecular complexity index is 611. The Morgan fingerprint density at radius 1 is 1.14 bits per heavy atom. The summed E-state index contributed by atoms with van der Waals surface area (Å²) in [5.41, 5.74) is 8.22. The van der Waals surface area contributed by atoms with E-state index in [0.717, 1.165) is 17.3 Å². The van der Waals surface area contributed by atoms with E-state index in [9.17, 15) is 4.79 Å². The molecular weight excluding hydrogens is 282 g/mol. The first-order chi connectivity index (χ1) is 10.1. The number of nitrogens with two attached hydrogens (primary N) is 1. The fourth-order valence-electron chi connectivity index (χ4n) is 1.85. The molecule has 1 aromatic heterocycles. The highest BCUT2D eigenvalue weighted by Crippen LogP contribution is 2.20. The topological polar surface area (TPSA) is 59.2 Å². The van der Waals surface area contributed by atoms with Crippen LogP contribution in [0.3, 0.4) is 0 Å². The maximum Gasteiger partial charge on any atom is 0.248 e. The molecule has 0 aliphatic carbocycles. The second-order valence-corrected chi connectivity index (χ2v) is 5.96. The number of amides is 1. The van der Waals surface area contributed by atoms with Gasteiger partial charge >= 0.3 is 0 Å². The Morgan fingerprint density at radius 2 is 1.81 bits per heavy atom. The van der Waals surface area contributed by atoms with E-state index in [-0.39, 0.29) is 5.91 Å². The van der Waals surface area contributed by atoms with Crippen LogP contribution in [0.2, 0.25) is 0 Å². The van der Waals surface area contributed by atoms with Crippen LogP contribution in [0.4, 0.5) is 5.82 Å². The van der Waals surface area contributed by atoms with E-state index in [1.165, 1.54) is 11.1 Å². The average molecular weight is 301 g/mol. The lowest BCUT2D eigenvalue weighted by Gasteiger charge is -2.12. The van der Waals surface area contributed by atoms with Gasteiger partial charge in [-0.1, -0.05) is 12.1 Å². The molecule has 5 heteroatoms. The fraction of sp³-hybridized carbons (Fsp3) is 0.250. The molecule has 110 valence electrons. The highest BCUT2D eigenvalue weighted by molar-refractivity contribution is 7.97. The smallest absolute Gasteiger partial charge is 0.248 e. The first-order valence-electron chi connectivity index (χ1n) is 6.65. The van der Waals surface area contributed by atoms with E-state index < -0.39 is 0 Å². The third-order valence-electron chi connectivity index (χ3n) is 3.04. The third-order valence-corrected chi connectivity index (χ3v) is 4.12. The van der Waals surface area contributed by atoms with Crippen molar-refractivity contribution in [2.75, 3.05) is 19.0 Å². The molecule has 21 heavy (non-hydrogen) atoms. The van der Waals surface area contributed by atoms with Gasteiger partial charge < -0.3 is 10.6 Å². The normalized spacial score (nSPS) is 10.4. The van der Waals surface area contributed by atoms with Crippen molar-refractivity contribution in [3.05, 3.63) is 59.3 Å². The van der Waals surface area contributed by atoms with Gasteiger partial charge in [-0.25, -0.2) is 4.98 Å². The number of nitrogens with zero attached hydrogens (tertiary/aromatic N) is 2. The molecule has 2 N–H and O–H groups in total. The maximum atomic E-state index is 11.0. The van der Waals surface area contributed by atoms with Crippen molar-refractivity contribution >= 4 is 23.5 Å². The second-order valence-electron chi connectivity index (χ2n) is 4.97. The van der Waals surface area contributed by atoms with E-state index >= 15 is 0 Å². The number of rotatable bonds is 6. The lowest BCUT2D eigenvalue weighted by atomic mass is 10.1. The molecule has 0 unspecified atom stereocenters. The van der Waals surface area contributed by atoms with Crippen LogP contribution in [0, 0.1) is 0 Å². The number of hydrogen-bond donors (Lipinski definition) is 1. The zero-order valence-corrected chi connectivity index (χ0v) is 13.1. The molecule has 0 radical (unpaired) electrons. The Balaban J connectivity index is 1.89. The second kappa shape index (κ2) is 7.13. The largest absolute Gasteiger partial charge is 0.366 e. The summed E-state index contributed by atoms with van der Waals surface area (Å²) in [5.74, 6) is 2.42. The molecule has 1 heterocycles. The van der Waals surface area contributed by atoms with Crippen molar-refractivity contribution in [1.82, 2.24) is 4.98 Å². The molecule has 2 aromatic rings. The van der Waals surface area contributed by atoms with Gasteiger partial charge in [0.15, 0.2) is 0 Å². The minimum Gasteiger partial charge on any atom is -0.366 e. The Kier molecular flexibility index (Phi) is 5.22. The number of carbonyl (C=O) groups excluding carboxylic acids is 1. The van der Waals surface area contributed by atoms with Gasteiger partial charge in [0, 0.05) is 37.4 Å². The van der Waals surface area contributed by atoms with Crippen LogP contribution in [0.15, 0.2) is 42.6 Å². The molecule has 2 rings (SSSR count). The van der Waals surface area contributed by atoms with E-state index in [0.29, 0.717) is 5.56 Å². The van der Waals surface area contributed by atoms with Crippen molar-refractivity contribution in [1.29, 1.82) is 0 Å². The molecule has 0 fully saturated rings. The van der Waals surface area contributed by atoms with E-state index in [1.807, 2.05) is 55.2 Å². The van der Waals surface area contributed by atoms with Crippen molar-refractivity contribution in [3.8, 4) is 0 Å². The van der Waals surface area contributed by atoms with Crippen LogP contribution >= 0.6 is 11.8 Å². The number of carbonyl (C=O) groups is 1. The third kappa shape index (κ3) is 4.49. The minimum atomic E-state index is -0.387. The predicted octanol–water partition coefficient (Wildman–Crippen LogP) is 2.68. The summed E-state index contributed by atoms with van der Waals surface area (Å²) in [6, 6.07) is 11.6. The fourth-order valence-corrected chi connectivity index (χ4v) is 2.79. The monoisotopic (exact) mass is 301 g/mol. The van der Waals surface area contributed by atoms with Crippen LogP contribution in [0.1, 0.15) is 21.5 Å². The van der Waals surface area contributed by atoms with Gasteiger partial charge in [0.2, 0.25) is 5.91 Å². The molecular formula is C16H19N3OS. The van der Waals surface area contributed by atoms with Crippen molar-refractivity contribution < 1.29 is 4.79 Å². The molecule has 0 spiro atoms. The molecule has 1 amide bonds. The molecule has 0 saturated heterocycles. The highest BCUT2D eigenvalue weighted by Gasteiger charge is 2.02. The summed E-state index contributed by atoms with van der Waals surface area (Å²) in [6.07, 6.45) is 1.84. The van der Waals surface area contributed by atoms with Crippen LogP contribution < -0.4 is 10.6 Å². The SMILES string of the molecule is CN(C)c1cc(CSCc2ccc(C(N)=O)cc2)ccn1. The van der Waals surface area contributed by atoms with Gasteiger partial charge in [-0.3, -0.25) is 4.79 Å². The molecule has 0 aliphatic heterocycles. The number of anilines is 1. The quantitative estimate of drug-likeness (QED) is 0.891. The Hall–Kier alpha value is -2.01. The van der Waals surface area contributed by atoms with Crippen LogP contribution in [0.25, 0.3) is 0 Å². The standard InChI is InChI=1S/C16H19N3OS/c1-19(2)15-9-13(7-8-18-15)11-21-10-12-3-5-14(6-4-12)16(17)20/h3-9H,10-11H2,1-2H3,(H2,17,20). The Morgan fingerprint density at radius 3 is 2.43 bits per heavy atom. The maximum absolute atomic E-state index is 11.0. The van der Waals surface area contributed by atoms with Crippen molar-refractivity contribution in [2.45, 2.75) is 11.5 Å². The molecule has 0 bridgehead atoms. The van der Waals surface area contributed by atoms with E-state index in [4.69, 9.17) is 5.73 Å². The lowest BCUT2D eigenvalue weighted by Crippen LogP contribution is -2.10. The van der Waals surface area contributed by atoms with E-state index in [2.05, 4.69) is 11.1 Å². The summed E-state index contributed by atoms with van der Waals surface area (Å²) in [5, 5.41) is 0. The van der Waals surface area contributed by atoms with Crippen molar-refractivity contribution in [3.63, 3.8) is 0 Å². The van der Waals surface area contributed by atoms with E-state index in [1.54, 1.807) is 12.1 Å². The number of aromatic nitrogens is 1. The van der Waals surface area contributed by atoms with Gasteiger partial charge in [0.05, 0.1) is 0 Å². The summed E-state index contributed by atoms with van der Waals surface area (Å²) in [7, 11) is 3.97. The summed E-state index contributed by atoms with van der Waals surface area (Å²) in [4.78, 5) is 17.3. The van der Waals surface area contributed by atoms with Gasteiger partial charge in [-0.05, 0) is 35.4 Å². The Labute approximate surface area is 129 Å². The summed E-state index contributed by atoms with van der Waals surface area (Å²) in [6.45, 7) is 0. The van der Waals surface area contributed by atoms with Crippen molar-refractivity contribution in [2.24, 2.45) is 5.73 Å². The molecule has 0 atom stereocenters. The molecule has 0 saturated carbocycles. The van der Waals surface area contributed by atoms with Gasteiger partial charge in [-0.15, -0.1) is 0 Å². The van der Waals surface area contributed by atoms with Gasteiger partial charge in [0.1, 0.15) is 5.82 Å². The predicted molar refractivity (Wildman–Crippen MR) is 88.5 cm³/mol. The average Bonchev–Trinajstić information content (AvgIpc) is 2.48. The lowest BCUT2D eigenvalue weighted by molar-refractivity contribution is 0.100. The first-order valence-corrected chi connectivity index (χ1v) is 7.80. The molecule has 4 nitrogen and oxygen atoms in total. The highest BCUT2D eigenvalue weighted by atomic mass is 32.2. The van der Waals surface area contributed by atoms with Crippen LogP contribution in [-0.4, -0.2) is 25.0 Å². The first kappa shape index (κ1) is 15.4. The summed E-state index contributed by atoms with van der Waals surface area (Å²) >= 11 is 1.83. The van der Waals surface area contributed by atoms with Gasteiger partial charge in [-0.2, -0.15) is 11.8 Å². The van der Waals surface area contributed by atoms with Gasteiger partial charge in [0.25, 0.3) is 0 Å². The molecule has 1 aromatic carbocycles. The van der Waals surface area contributed by atoms with Crippen LogP contribution in [-0.2, 0) is 11.5 Å². The zero-order valence-electron chi connectivity index (χ0n) is 12.2. The summed E-state index contributed by atoms with van der Waals surface area (Å²) < 4.78 is 0. The zero-order chi connectivity index (χ0) is 15.2. The minimum absolute atomic E-state index is 0.387. The number of benzene rings is 1.